The van der Waals surface area contributed by atoms with Crippen LogP contribution in [-0.4, -0.2) is 18.0 Å². The molecule has 4 heteroatoms. The Morgan fingerprint density at radius 2 is 0.847 bits per heavy atom. The van der Waals surface area contributed by atoms with E-state index in [1.165, 1.54) is 99.6 Å². The van der Waals surface area contributed by atoms with E-state index < -0.39 is 5.41 Å². The van der Waals surface area contributed by atoms with Gasteiger partial charge in [0.25, 0.3) is 0 Å². The molecular formula is C55H36B2N2. The Labute approximate surface area is 344 Å². The lowest BCUT2D eigenvalue weighted by atomic mass is 9.25. The fraction of sp³-hybridized carbons (Fsp3) is 0.0182. The zero-order valence-corrected chi connectivity index (χ0v) is 32.3. The molecule has 2 nitrogen and oxygen atoms in total. The van der Waals surface area contributed by atoms with Gasteiger partial charge in [-0.3, -0.25) is 0 Å². The average Bonchev–Trinajstić information content (AvgIpc) is 3.64. The fourth-order valence-corrected chi connectivity index (χ4v) is 11.5. The number of fused-ring (bicyclic) bond motifs is 13. The van der Waals surface area contributed by atoms with Gasteiger partial charge in [0.2, 0.25) is 13.4 Å². The zero-order chi connectivity index (χ0) is 38.7. The molecule has 1 aromatic heterocycles. The number of hydrogen-bond acceptors (Lipinski definition) is 1. The summed E-state index contributed by atoms with van der Waals surface area (Å²) in [4.78, 5) is 2.50. The number of para-hydroxylation sites is 4. The van der Waals surface area contributed by atoms with Crippen molar-refractivity contribution in [3.63, 3.8) is 0 Å². The molecular weight excluding hydrogens is 710 g/mol. The summed E-state index contributed by atoms with van der Waals surface area (Å²) >= 11 is 0. The first-order valence-corrected chi connectivity index (χ1v) is 20.8. The molecule has 13 rings (SSSR count). The van der Waals surface area contributed by atoms with Crippen LogP contribution in [0.2, 0.25) is 0 Å². The lowest BCUT2D eigenvalue weighted by Crippen LogP contribution is -2.69. The Bertz CT molecular complexity index is 3270. The molecule has 0 saturated carbocycles. The molecule has 0 fully saturated rings. The predicted octanol–water partition coefficient (Wildman–Crippen LogP) is 8.61. The Morgan fingerprint density at radius 1 is 0.339 bits per heavy atom. The molecule has 0 radical (unpaired) electrons. The maximum atomic E-state index is 2.50. The molecule has 272 valence electrons. The molecule has 3 aliphatic heterocycles. The second kappa shape index (κ2) is 12.4. The first-order valence-electron chi connectivity index (χ1n) is 20.8. The predicted molar refractivity (Wildman–Crippen MR) is 250 cm³/mol. The molecule has 0 bridgehead atoms. The van der Waals surface area contributed by atoms with Crippen LogP contribution in [0.5, 0.6) is 0 Å². The van der Waals surface area contributed by atoms with E-state index in [0.29, 0.717) is 0 Å². The van der Waals surface area contributed by atoms with Crippen molar-refractivity contribution in [2.45, 2.75) is 5.41 Å². The van der Waals surface area contributed by atoms with Crippen LogP contribution >= 0.6 is 0 Å². The van der Waals surface area contributed by atoms with Crippen molar-refractivity contribution in [1.29, 1.82) is 0 Å². The topological polar surface area (TPSA) is 8.17 Å². The van der Waals surface area contributed by atoms with Gasteiger partial charge in [0.1, 0.15) is 0 Å². The Morgan fingerprint density at radius 3 is 1.54 bits per heavy atom. The van der Waals surface area contributed by atoms with Gasteiger partial charge in [-0.25, -0.2) is 0 Å². The van der Waals surface area contributed by atoms with Gasteiger partial charge >= 0.3 is 0 Å². The molecule has 0 N–H and O–H groups in total. The van der Waals surface area contributed by atoms with E-state index in [2.05, 4.69) is 228 Å². The second-order valence-corrected chi connectivity index (χ2v) is 16.3. The fourth-order valence-electron chi connectivity index (χ4n) is 11.5. The first-order chi connectivity index (χ1) is 29.3. The van der Waals surface area contributed by atoms with Gasteiger partial charge in [0.05, 0.1) is 16.4 Å². The van der Waals surface area contributed by atoms with Gasteiger partial charge in [-0.15, -0.1) is 0 Å². The summed E-state index contributed by atoms with van der Waals surface area (Å²) in [6, 6.07) is 81.9. The number of nitrogens with zero attached hydrogens (tertiary/aromatic N) is 2. The van der Waals surface area contributed by atoms with Crippen LogP contribution in [0.25, 0.3) is 27.5 Å². The van der Waals surface area contributed by atoms with Crippen molar-refractivity contribution in [1.82, 2.24) is 4.57 Å². The van der Waals surface area contributed by atoms with Gasteiger partial charge in [-0.2, -0.15) is 0 Å². The van der Waals surface area contributed by atoms with Crippen molar-refractivity contribution >= 4 is 85.1 Å². The summed E-state index contributed by atoms with van der Waals surface area (Å²) in [5.74, 6) is 0. The summed E-state index contributed by atoms with van der Waals surface area (Å²) in [5.41, 5.74) is 20.4. The number of hydrogen-bond donors (Lipinski definition) is 0. The molecule has 10 aromatic rings. The summed E-state index contributed by atoms with van der Waals surface area (Å²) < 4.78 is 2.41. The SMILES string of the molecule is c1ccc(N2c3ccccc3B3c4ccccc4C4(c5ccccc5B(c5ccc6c(c5)c5ccccc5n6-c5ccccc5)c5ccccc54)c4cccc2c43)cc1. The van der Waals surface area contributed by atoms with Crippen LogP contribution in [0.1, 0.15) is 22.3 Å². The van der Waals surface area contributed by atoms with Gasteiger partial charge < -0.3 is 9.47 Å². The quantitative estimate of drug-likeness (QED) is 0.165. The van der Waals surface area contributed by atoms with Crippen LogP contribution in [0.15, 0.2) is 218 Å². The van der Waals surface area contributed by atoms with Gasteiger partial charge in [0.15, 0.2) is 0 Å². The smallest absolute Gasteiger partial charge is 0.247 e. The third kappa shape index (κ3) is 4.33. The highest BCUT2D eigenvalue weighted by Gasteiger charge is 2.55. The first kappa shape index (κ1) is 32.8. The molecule has 0 unspecified atom stereocenters. The van der Waals surface area contributed by atoms with E-state index in [4.69, 9.17) is 0 Å². The second-order valence-electron chi connectivity index (χ2n) is 16.3. The Balaban J connectivity index is 1.10. The third-order valence-corrected chi connectivity index (χ3v) is 13.6. The maximum Gasteiger partial charge on any atom is 0.247 e. The van der Waals surface area contributed by atoms with Gasteiger partial charge in [-0.05, 0) is 81.7 Å². The standard InChI is InChI=1S/C55H36B2N2/c1-3-18-38(19-4-1)58-50-31-15-7-22-40(50)41-36-37(34-35-51(41)58)56-46-27-11-8-23-42(46)55(43-24-9-12-28-47(43)56)44-25-10-13-29-48(44)57-49-30-14-16-32-52(49)59(39-20-5-2-6-21-39)53-33-17-26-45(55)54(53)57/h1-36H. The van der Waals surface area contributed by atoms with Crippen LogP contribution < -0.4 is 37.7 Å². The minimum Gasteiger partial charge on any atom is -0.312 e. The molecule has 0 saturated heterocycles. The number of anilines is 3. The molecule has 4 heterocycles. The number of aromatic nitrogens is 1. The maximum absolute atomic E-state index is 2.50. The monoisotopic (exact) mass is 746 g/mol. The minimum absolute atomic E-state index is 0.0437. The van der Waals surface area contributed by atoms with Crippen molar-refractivity contribution in [2.24, 2.45) is 0 Å². The lowest BCUT2D eigenvalue weighted by molar-refractivity contribution is 0.757. The summed E-state index contributed by atoms with van der Waals surface area (Å²) in [7, 11) is 0. The number of rotatable bonds is 3. The van der Waals surface area contributed by atoms with Crippen molar-refractivity contribution in [3.05, 3.63) is 241 Å². The lowest BCUT2D eigenvalue weighted by Gasteiger charge is -2.51. The van der Waals surface area contributed by atoms with E-state index in [1.54, 1.807) is 0 Å². The molecule has 0 atom stereocenters. The highest BCUT2D eigenvalue weighted by Crippen LogP contribution is 2.49. The third-order valence-electron chi connectivity index (χ3n) is 13.6. The normalized spacial score (nSPS) is 14.1. The summed E-state index contributed by atoms with van der Waals surface area (Å²) in [6.07, 6.45) is 0. The Hall–Kier alpha value is -7.29. The highest BCUT2D eigenvalue weighted by molar-refractivity contribution is 6.99. The van der Waals surface area contributed by atoms with Crippen molar-refractivity contribution < 1.29 is 0 Å². The zero-order valence-electron chi connectivity index (χ0n) is 32.3. The molecule has 59 heavy (non-hydrogen) atoms. The Kier molecular flexibility index (Phi) is 6.86. The van der Waals surface area contributed by atoms with E-state index in [1.807, 2.05) is 0 Å². The molecule has 3 aliphatic rings. The molecule has 9 aromatic carbocycles. The van der Waals surface area contributed by atoms with Gasteiger partial charge in [0, 0.05) is 33.5 Å². The summed E-state index contributed by atoms with van der Waals surface area (Å²) in [6.45, 7) is 0.141. The van der Waals surface area contributed by atoms with Crippen LogP contribution in [0, 0.1) is 0 Å². The van der Waals surface area contributed by atoms with E-state index in [9.17, 15) is 0 Å². The van der Waals surface area contributed by atoms with Gasteiger partial charge in [-0.1, -0.05) is 192 Å². The van der Waals surface area contributed by atoms with E-state index >= 15 is 0 Å². The highest BCUT2D eigenvalue weighted by atomic mass is 15.1. The number of benzene rings is 9. The van der Waals surface area contributed by atoms with Crippen LogP contribution in [-0.2, 0) is 5.41 Å². The molecule has 1 spiro atoms. The molecule has 0 aliphatic carbocycles. The van der Waals surface area contributed by atoms with Crippen LogP contribution in [0.4, 0.5) is 17.1 Å². The van der Waals surface area contributed by atoms with E-state index in [-0.39, 0.29) is 13.4 Å². The average molecular weight is 747 g/mol. The van der Waals surface area contributed by atoms with Crippen molar-refractivity contribution in [2.75, 3.05) is 4.90 Å². The van der Waals surface area contributed by atoms with Crippen LogP contribution in [0.3, 0.4) is 0 Å². The molecule has 0 amide bonds. The minimum atomic E-state index is -0.537. The largest absolute Gasteiger partial charge is 0.312 e. The summed E-state index contributed by atoms with van der Waals surface area (Å²) in [5, 5.41) is 2.55. The van der Waals surface area contributed by atoms with E-state index in [0.717, 1.165) is 0 Å². The van der Waals surface area contributed by atoms with Crippen molar-refractivity contribution in [3.8, 4) is 5.69 Å².